The average molecular weight is 310 g/mol. The quantitative estimate of drug-likeness (QED) is 0.789. The van der Waals surface area contributed by atoms with Gasteiger partial charge in [-0.25, -0.2) is 14.0 Å². The van der Waals surface area contributed by atoms with E-state index in [-0.39, 0.29) is 25.1 Å². The van der Waals surface area contributed by atoms with Crippen LogP contribution in [-0.2, 0) is 11.3 Å². The second kappa shape index (κ2) is 6.44. The van der Waals surface area contributed by atoms with Crippen molar-refractivity contribution in [2.75, 3.05) is 18.5 Å². The summed E-state index contributed by atoms with van der Waals surface area (Å²) in [6, 6.07) is 4.75. The number of carboxylic acid groups (broad SMARTS) is 1. The highest BCUT2D eigenvalue weighted by molar-refractivity contribution is 5.89. The van der Waals surface area contributed by atoms with Crippen molar-refractivity contribution in [1.82, 2.24) is 5.32 Å². The van der Waals surface area contributed by atoms with Crippen LogP contribution in [-0.4, -0.2) is 36.0 Å². The molecule has 0 fully saturated rings. The number of rotatable bonds is 4. The SMILES string of the molecule is CN1C(=O)OCc2cc(C(O)/C(=C/F)CNC(=O)O)ccc21. The molecule has 1 aliphatic heterocycles. The van der Waals surface area contributed by atoms with E-state index in [0.29, 0.717) is 16.8 Å². The lowest BCUT2D eigenvalue weighted by atomic mass is 9.99. The van der Waals surface area contributed by atoms with Crippen molar-refractivity contribution >= 4 is 17.9 Å². The Balaban J connectivity index is 2.22. The molecule has 1 unspecified atom stereocenters. The molecule has 7 nitrogen and oxygen atoms in total. The Labute approximate surface area is 125 Å². The summed E-state index contributed by atoms with van der Waals surface area (Å²) < 4.78 is 17.8. The van der Waals surface area contributed by atoms with Gasteiger partial charge in [0.25, 0.3) is 0 Å². The number of ether oxygens (including phenoxy) is 1. The third-order valence-electron chi connectivity index (χ3n) is 3.34. The third kappa shape index (κ3) is 3.17. The van der Waals surface area contributed by atoms with E-state index in [1.807, 2.05) is 5.32 Å². The Morgan fingerprint density at radius 2 is 2.32 bits per heavy atom. The van der Waals surface area contributed by atoms with Crippen molar-refractivity contribution in [3.63, 3.8) is 0 Å². The van der Waals surface area contributed by atoms with E-state index in [4.69, 9.17) is 9.84 Å². The van der Waals surface area contributed by atoms with E-state index in [1.54, 1.807) is 25.2 Å². The zero-order chi connectivity index (χ0) is 16.3. The van der Waals surface area contributed by atoms with Gasteiger partial charge in [0.2, 0.25) is 0 Å². The molecule has 1 aliphatic rings. The van der Waals surface area contributed by atoms with Crippen LogP contribution in [0.5, 0.6) is 0 Å². The number of hydrogen-bond donors (Lipinski definition) is 3. The van der Waals surface area contributed by atoms with Gasteiger partial charge >= 0.3 is 12.2 Å². The summed E-state index contributed by atoms with van der Waals surface area (Å²) >= 11 is 0. The molecule has 0 saturated heterocycles. The number of anilines is 1. The first-order chi connectivity index (χ1) is 10.4. The molecule has 1 aromatic carbocycles. The minimum atomic E-state index is -1.31. The summed E-state index contributed by atoms with van der Waals surface area (Å²) in [7, 11) is 1.56. The smallest absolute Gasteiger partial charge is 0.414 e. The topological polar surface area (TPSA) is 99.1 Å². The summed E-state index contributed by atoms with van der Waals surface area (Å²) in [5.74, 6) is 0. The summed E-state index contributed by atoms with van der Waals surface area (Å²) in [5.41, 5.74) is 1.56. The summed E-state index contributed by atoms with van der Waals surface area (Å²) in [5, 5.41) is 20.7. The van der Waals surface area contributed by atoms with Gasteiger partial charge in [0, 0.05) is 24.7 Å². The maximum absolute atomic E-state index is 12.9. The molecule has 0 aliphatic carbocycles. The molecule has 0 bridgehead atoms. The fourth-order valence-electron chi connectivity index (χ4n) is 2.14. The van der Waals surface area contributed by atoms with Crippen molar-refractivity contribution < 1.29 is 28.9 Å². The molecule has 2 rings (SSSR count). The van der Waals surface area contributed by atoms with Crippen LogP contribution in [0.15, 0.2) is 30.1 Å². The van der Waals surface area contributed by atoms with E-state index in [1.165, 1.54) is 4.90 Å². The van der Waals surface area contributed by atoms with Crippen LogP contribution in [0.25, 0.3) is 0 Å². The number of nitrogens with zero attached hydrogens (tertiary/aromatic N) is 1. The molecular weight excluding hydrogens is 295 g/mol. The van der Waals surface area contributed by atoms with Crippen LogP contribution in [0.1, 0.15) is 17.2 Å². The highest BCUT2D eigenvalue weighted by atomic mass is 19.1. The maximum Gasteiger partial charge on any atom is 0.414 e. The Morgan fingerprint density at radius 3 is 2.95 bits per heavy atom. The van der Waals surface area contributed by atoms with Crippen molar-refractivity contribution in [3.05, 3.63) is 41.2 Å². The van der Waals surface area contributed by atoms with Gasteiger partial charge in [-0.2, -0.15) is 0 Å². The molecule has 118 valence electrons. The number of aliphatic hydroxyl groups is 1. The van der Waals surface area contributed by atoms with Crippen molar-refractivity contribution in [3.8, 4) is 0 Å². The second-order valence-corrected chi connectivity index (χ2v) is 4.75. The third-order valence-corrected chi connectivity index (χ3v) is 3.34. The maximum atomic E-state index is 12.9. The fraction of sp³-hybridized carbons (Fsp3) is 0.286. The number of carbonyl (C=O) groups excluding carboxylic acids is 1. The molecule has 0 spiro atoms. The molecule has 22 heavy (non-hydrogen) atoms. The molecule has 8 heteroatoms. The first-order valence-corrected chi connectivity index (χ1v) is 6.41. The minimum absolute atomic E-state index is 0.0567. The molecule has 0 aromatic heterocycles. The van der Waals surface area contributed by atoms with Crippen molar-refractivity contribution in [2.45, 2.75) is 12.7 Å². The van der Waals surface area contributed by atoms with E-state index in [9.17, 15) is 19.1 Å². The zero-order valence-corrected chi connectivity index (χ0v) is 11.7. The number of hydrogen-bond acceptors (Lipinski definition) is 4. The number of nitrogens with one attached hydrogen (secondary N) is 1. The van der Waals surface area contributed by atoms with E-state index in [2.05, 4.69) is 0 Å². The van der Waals surface area contributed by atoms with Crippen LogP contribution < -0.4 is 10.2 Å². The Bertz CT molecular complexity index is 632. The van der Waals surface area contributed by atoms with Gasteiger partial charge in [-0.05, 0) is 17.7 Å². The van der Waals surface area contributed by atoms with Crippen LogP contribution in [0.3, 0.4) is 0 Å². The molecule has 1 atom stereocenters. The van der Waals surface area contributed by atoms with Gasteiger partial charge in [-0.1, -0.05) is 6.07 Å². The first-order valence-electron chi connectivity index (χ1n) is 6.41. The summed E-state index contributed by atoms with van der Waals surface area (Å²) in [6.07, 6.45) is -2.92. The number of cyclic esters (lactones) is 1. The van der Waals surface area contributed by atoms with E-state index >= 15 is 0 Å². The van der Waals surface area contributed by atoms with Crippen LogP contribution in [0, 0.1) is 0 Å². The molecular formula is C14H15FN2O5. The predicted molar refractivity (Wildman–Crippen MR) is 75.2 cm³/mol. The predicted octanol–water partition coefficient (Wildman–Crippen LogP) is 1.93. The number of amides is 2. The fourth-order valence-corrected chi connectivity index (χ4v) is 2.14. The molecule has 3 N–H and O–H groups in total. The largest absolute Gasteiger partial charge is 0.465 e. The number of aliphatic hydroxyl groups excluding tert-OH is 1. The summed E-state index contributed by atoms with van der Waals surface area (Å²) in [6.45, 7) is -0.278. The first kappa shape index (κ1) is 15.8. The van der Waals surface area contributed by atoms with Crippen molar-refractivity contribution in [2.24, 2.45) is 0 Å². The number of halogens is 1. The number of carbonyl (C=O) groups is 2. The van der Waals surface area contributed by atoms with Gasteiger partial charge in [0.05, 0.1) is 12.0 Å². The lowest BCUT2D eigenvalue weighted by Gasteiger charge is -2.26. The highest BCUT2D eigenvalue weighted by Gasteiger charge is 2.24. The molecule has 1 heterocycles. The Hall–Kier alpha value is -2.61. The average Bonchev–Trinajstić information content (AvgIpc) is 2.50. The van der Waals surface area contributed by atoms with Gasteiger partial charge in [0.15, 0.2) is 0 Å². The minimum Gasteiger partial charge on any atom is -0.465 e. The van der Waals surface area contributed by atoms with E-state index in [0.717, 1.165) is 0 Å². The monoisotopic (exact) mass is 310 g/mol. The number of benzene rings is 1. The molecule has 0 saturated carbocycles. The number of fused-ring (bicyclic) bond motifs is 1. The van der Waals surface area contributed by atoms with Crippen LogP contribution in [0.2, 0.25) is 0 Å². The van der Waals surface area contributed by atoms with Gasteiger partial charge in [-0.3, -0.25) is 4.90 Å². The second-order valence-electron chi connectivity index (χ2n) is 4.75. The Kier molecular flexibility index (Phi) is 4.62. The van der Waals surface area contributed by atoms with Gasteiger partial charge in [-0.15, -0.1) is 0 Å². The zero-order valence-electron chi connectivity index (χ0n) is 11.7. The summed E-state index contributed by atoms with van der Waals surface area (Å²) in [4.78, 5) is 23.2. The van der Waals surface area contributed by atoms with Crippen LogP contribution >= 0.6 is 0 Å². The lowest BCUT2D eigenvalue weighted by Crippen LogP contribution is -2.32. The van der Waals surface area contributed by atoms with E-state index < -0.39 is 18.3 Å². The Morgan fingerprint density at radius 1 is 1.59 bits per heavy atom. The van der Waals surface area contributed by atoms with Gasteiger partial charge in [0.1, 0.15) is 12.7 Å². The molecule has 1 aromatic rings. The standard InChI is InChI=1S/C14H15FN2O5/c1-17-11-3-2-8(4-9(11)7-22-14(17)21)12(18)10(5-15)6-16-13(19)20/h2-5,12,16,18H,6-7H2,1H3,(H,19,20)/b10-5+. The van der Waals surface area contributed by atoms with Crippen molar-refractivity contribution in [1.29, 1.82) is 0 Å². The highest BCUT2D eigenvalue weighted by Crippen LogP contribution is 2.30. The molecule has 2 amide bonds. The van der Waals surface area contributed by atoms with Crippen LogP contribution in [0.4, 0.5) is 19.7 Å². The molecule has 0 radical (unpaired) electrons. The lowest BCUT2D eigenvalue weighted by molar-refractivity contribution is 0.143. The van der Waals surface area contributed by atoms with Gasteiger partial charge < -0.3 is 20.3 Å². The normalized spacial score (nSPS) is 15.9.